The minimum absolute atomic E-state index is 0.222. The number of H-pyrrole nitrogens is 1. The van der Waals surface area contributed by atoms with Crippen molar-refractivity contribution in [3.63, 3.8) is 0 Å². The van der Waals surface area contributed by atoms with Crippen molar-refractivity contribution >= 4 is 35.4 Å². The van der Waals surface area contributed by atoms with Gasteiger partial charge >= 0.3 is 5.97 Å². The van der Waals surface area contributed by atoms with Crippen LogP contribution >= 0.6 is 23.5 Å². The summed E-state index contributed by atoms with van der Waals surface area (Å²) in [5.74, 6) is 0.240. The monoisotopic (exact) mass is 573 g/mol. The van der Waals surface area contributed by atoms with Crippen LogP contribution in [0.4, 0.5) is 0 Å². The maximum absolute atomic E-state index is 13.5. The molecule has 4 rings (SSSR count). The maximum Gasteiger partial charge on any atom is 0.329 e. The molecular formula is C32H35N3O3S2. The predicted octanol–water partition coefficient (Wildman–Crippen LogP) is 6.19. The molecule has 1 atom stereocenters. The number of esters is 1. The minimum Gasteiger partial charge on any atom is -0.464 e. The number of ether oxygens (including phenoxy) is 1. The lowest BCUT2D eigenvalue weighted by atomic mass is 9.84. The number of aromatic amines is 1. The highest BCUT2D eigenvalue weighted by molar-refractivity contribution is 8.01. The fraction of sp³-hybridized carbons (Fsp3) is 0.281. The van der Waals surface area contributed by atoms with Crippen molar-refractivity contribution in [2.45, 2.75) is 42.1 Å². The largest absolute Gasteiger partial charge is 0.464 e. The second-order valence-electron chi connectivity index (χ2n) is 9.74. The van der Waals surface area contributed by atoms with E-state index in [2.05, 4.69) is 51.7 Å². The number of rotatable bonds is 13. The van der Waals surface area contributed by atoms with E-state index >= 15 is 0 Å². The Balaban J connectivity index is 1.66. The van der Waals surface area contributed by atoms with Crippen LogP contribution in [0.25, 0.3) is 0 Å². The van der Waals surface area contributed by atoms with Crippen LogP contribution in [0.2, 0.25) is 0 Å². The summed E-state index contributed by atoms with van der Waals surface area (Å²) in [6.45, 7) is 5.73. The molecule has 0 unspecified atom stereocenters. The van der Waals surface area contributed by atoms with Crippen LogP contribution in [0.15, 0.2) is 104 Å². The molecule has 6 nitrogen and oxygen atoms in total. The maximum atomic E-state index is 13.5. The third-order valence-corrected chi connectivity index (χ3v) is 9.58. The molecule has 0 radical (unpaired) electrons. The Morgan fingerprint density at radius 2 is 1.40 bits per heavy atom. The molecule has 0 aliphatic rings. The van der Waals surface area contributed by atoms with Crippen molar-refractivity contribution in [1.82, 2.24) is 15.3 Å². The smallest absolute Gasteiger partial charge is 0.329 e. The lowest BCUT2D eigenvalue weighted by molar-refractivity contribution is -0.146. The number of aromatic nitrogens is 2. The predicted molar refractivity (Wildman–Crippen MR) is 164 cm³/mol. The normalized spacial score (nSPS) is 12.5. The Morgan fingerprint density at radius 3 is 1.85 bits per heavy atom. The molecule has 1 amide bonds. The summed E-state index contributed by atoms with van der Waals surface area (Å²) in [5.41, 5.74) is 4.19. The van der Waals surface area contributed by atoms with Gasteiger partial charge in [-0.15, -0.1) is 23.5 Å². The molecule has 0 fully saturated rings. The van der Waals surface area contributed by atoms with Crippen LogP contribution in [0.5, 0.6) is 0 Å². The summed E-state index contributed by atoms with van der Waals surface area (Å²) in [6.07, 6.45) is 3.37. The van der Waals surface area contributed by atoms with E-state index in [1.807, 2.05) is 68.4 Å². The molecule has 2 N–H and O–H groups in total. The molecule has 0 saturated carbocycles. The number of hydrogen-bond donors (Lipinski definition) is 2. The van der Waals surface area contributed by atoms with E-state index in [0.29, 0.717) is 11.5 Å². The van der Waals surface area contributed by atoms with E-state index in [1.54, 1.807) is 31.2 Å². The molecule has 0 aliphatic heterocycles. The highest BCUT2D eigenvalue weighted by atomic mass is 32.2. The Kier molecular flexibility index (Phi) is 10.1. The number of carbonyl (C=O) groups is 2. The van der Waals surface area contributed by atoms with E-state index in [0.717, 1.165) is 22.4 Å². The Bertz CT molecular complexity index is 1250. The summed E-state index contributed by atoms with van der Waals surface area (Å²) in [4.78, 5) is 33.8. The topological polar surface area (TPSA) is 84.1 Å². The molecule has 40 heavy (non-hydrogen) atoms. The van der Waals surface area contributed by atoms with Crippen LogP contribution in [-0.4, -0.2) is 45.0 Å². The summed E-state index contributed by atoms with van der Waals surface area (Å²) in [5, 5.41) is 3.02. The van der Waals surface area contributed by atoms with Gasteiger partial charge in [-0.25, -0.2) is 9.78 Å². The zero-order valence-corrected chi connectivity index (χ0v) is 24.6. The van der Waals surface area contributed by atoms with Crippen LogP contribution < -0.4 is 5.32 Å². The Morgan fingerprint density at radius 1 is 0.875 bits per heavy atom. The van der Waals surface area contributed by atoms with Gasteiger partial charge in [0.15, 0.2) is 0 Å². The molecule has 0 aliphatic carbocycles. The molecule has 0 spiro atoms. The number of amides is 1. The number of nitrogens with zero attached hydrogens (tertiary/aromatic N) is 1. The Hall–Kier alpha value is -3.49. The average molecular weight is 574 g/mol. The third-order valence-electron chi connectivity index (χ3n) is 6.57. The highest BCUT2D eigenvalue weighted by Crippen LogP contribution is 2.48. The first kappa shape index (κ1) is 29.5. The first-order valence-corrected chi connectivity index (χ1v) is 15.2. The molecule has 3 aromatic carbocycles. The third kappa shape index (κ3) is 6.98. The van der Waals surface area contributed by atoms with E-state index in [9.17, 15) is 9.59 Å². The number of imidazole rings is 1. The van der Waals surface area contributed by atoms with Gasteiger partial charge in [-0.1, -0.05) is 91.0 Å². The minimum atomic E-state index is -0.833. The molecule has 208 valence electrons. The number of thioether (sulfide) groups is 2. The van der Waals surface area contributed by atoms with Crippen LogP contribution in [0, 0.1) is 0 Å². The van der Waals surface area contributed by atoms with Crippen molar-refractivity contribution in [3.8, 4) is 0 Å². The molecule has 0 bridgehead atoms. The fourth-order valence-corrected chi connectivity index (χ4v) is 6.82. The van der Waals surface area contributed by atoms with Crippen molar-refractivity contribution < 1.29 is 14.3 Å². The van der Waals surface area contributed by atoms with Gasteiger partial charge in [-0.3, -0.25) is 4.79 Å². The summed E-state index contributed by atoms with van der Waals surface area (Å²) in [6, 6.07) is 30.0. The standard InChI is InChI=1S/C32H35N3O3S2/c1-4-38-29(36)28(35-30(37)31(2,3)39-21-27-20-33-23-34-27)22-40-32(24-14-8-5-9-15-24,25-16-10-6-11-17-25)26-18-12-7-13-19-26/h5-20,23,28H,4,21-22H2,1-3H3,(H,33,34)(H,35,37)/t28-/m0/s1. The van der Waals surface area contributed by atoms with Gasteiger partial charge < -0.3 is 15.0 Å². The van der Waals surface area contributed by atoms with Crippen LogP contribution in [0.1, 0.15) is 43.2 Å². The van der Waals surface area contributed by atoms with Crippen molar-refractivity contribution in [1.29, 1.82) is 0 Å². The van der Waals surface area contributed by atoms with Crippen LogP contribution in [-0.2, 0) is 24.8 Å². The first-order chi connectivity index (χ1) is 19.4. The van der Waals surface area contributed by atoms with E-state index in [1.165, 1.54) is 11.8 Å². The molecule has 1 aromatic heterocycles. The molecule has 8 heteroatoms. The van der Waals surface area contributed by atoms with Gasteiger partial charge in [0.2, 0.25) is 5.91 Å². The van der Waals surface area contributed by atoms with E-state index in [-0.39, 0.29) is 12.5 Å². The number of benzene rings is 3. The summed E-state index contributed by atoms with van der Waals surface area (Å²) in [7, 11) is 0. The highest BCUT2D eigenvalue weighted by Gasteiger charge is 2.40. The first-order valence-electron chi connectivity index (χ1n) is 13.3. The fourth-order valence-electron chi connectivity index (χ4n) is 4.41. The second-order valence-corrected chi connectivity index (χ2v) is 12.6. The second kappa shape index (κ2) is 13.7. The number of nitrogens with one attached hydrogen (secondary N) is 2. The van der Waals surface area contributed by atoms with Gasteiger partial charge in [0, 0.05) is 23.4 Å². The summed E-state index contributed by atoms with van der Waals surface area (Å²) < 4.78 is 4.03. The Labute approximate surface area is 244 Å². The molecule has 0 saturated heterocycles. The van der Waals surface area contributed by atoms with E-state index in [4.69, 9.17) is 4.74 Å². The number of hydrogen-bond acceptors (Lipinski definition) is 6. The SMILES string of the molecule is CCOC(=O)[C@H](CSC(c1ccccc1)(c1ccccc1)c1ccccc1)NC(=O)C(C)(C)SCc1cnc[nH]1. The van der Waals surface area contributed by atoms with Crippen molar-refractivity contribution in [3.05, 3.63) is 126 Å². The van der Waals surface area contributed by atoms with Crippen molar-refractivity contribution in [2.24, 2.45) is 0 Å². The van der Waals surface area contributed by atoms with Crippen LogP contribution in [0.3, 0.4) is 0 Å². The number of carbonyl (C=O) groups excluding carboxylic acids is 2. The summed E-state index contributed by atoms with van der Waals surface area (Å²) >= 11 is 3.10. The van der Waals surface area contributed by atoms with Gasteiger partial charge in [-0.2, -0.15) is 0 Å². The van der Waals surface area contributed by atoms with Crippen molar-refractivity contribution in [2.75, 3.05) is 12.4 Å². The molecule has 1 heterocycles. The zero-order valence-electron chi connectivity index (χ0n) is 23.0. The van der Waals surface area contributed by atoms with Gasteiger partial charge in [0.25, 0.3) is 0 Å². The lowest BCUT2D eigenvalue weighted by Gasteiger charge is -2.36. The van der Waals surface area contributed by atoms with Gasteiger partial charge in [-0.05, 0) is 37.5 Å². The van der Waals surface area contributed by atoms with Gasteiger partial charge in [0.1, 0.15) is 6.04 Å². The van der Waals surface area contributed by atoms with E-state index < -0.39 is 21.5 Å². The van der Waals surface area contributed by atoms with Gasteiger partial charge in [0.05, 0.1) is 22.4 Å². The molecular weight excluding hydrogens is 539 g/mol. The molecule has 4 aromatic rings. The zero-order chi connectivity index (χ0) is 28.4. The quantitative estimate of drug-likeness (QED) is 0.147. The lowest BCUT2D eigenvalue weighted by Crippen LogP contribution is -2.50. The average Bonchev–Trinajstić information content (AvgIpc) is 3.51.